The monoisotopic (exact) mass is 237 g/mol. The standard InChI is InChI=1S/C12H16FN3O/c1-8-2-11(14)7-16(6-8)12(17)9-3-10(13)5-15-4-9/h3-5,8,11H,2,6-7,14H2,1H3. The molecule has 1 amide bonds. The van der Waals surface area contributed by atoms with Crippen molar-refractivity contribution in [3.8, 4) is 0 Å². The summed E-state index contributed by atoms with van der Waals surface area (Å²) in [6.45, 7) is 3.26. The zero-order chi connectivity index (χ0) is 12.4. The molecule has 5 heteroatoms. The average Bonchev–Trinajstić information content (AvgIpc) is 2.26. The molecule has 2 rings (SSSR count). The quantitative estimate of drug-likeness (QED) is 0.793. The highest BCUT2D eigenvalue weighted by Crippen LogP contribution is 2.17. The van der Waals surface area contributed by atoms with Gasteiger partial charge in [0, 0.05) is 25.3 Å². The molecule has 1 saturated heterocycles. The Morgan fingerprint density at radius 2 is 2.29 bits per heavy atom. The van der Waals surface area contributed by atoms with Gasteiger partial charge in [0.25, 0.3) is 5.91 Å². The smallest absolute Gasteiger partial charge is 0.255 e. The summed E-state index contributed by atoms with van der Waals surface area (Å²) in [6, 6.07) is 1.21. The van der Waals surface area contributed by atoms with E-state index in [1.54, 1.807) is 4.90 Å². The van der Waals surface area contributed by atoms with Crippen molar-refractivity contribution in [3.63, 3.8) is 0 Å². The van der Waals surface area contributed by atoms with Crippen LogP contribution in [0.1, 0.15) is 23.7 Å². The first-order valence-electron chi connectivity index (χ1n) is 5.71. The fraction of sp³-hybridized carbons (Fsp3) is 0.500. The first kappa shape index (κ1) is 12.0. The highest BCUT2D eigenvalue weighted by atomic mass is 19.1. The number of nitrogens with two attached hydrogens (primary N) is 1. The summed E-state index contributed by atoms with van der Waals surface area (Å²) in [7, 11) is 0. The molecule has 1 fully saturated rings. The predicted octanol–water partition coefficient (Wildman–Crippen LogP) is 1.03. The molecule has 0 radical (unpaired) electrons. The van der Waals surface area contributed by atoms with Crippen LogP contribution in [0.25, 0.3) is 0 Å². The van der Waals surface area contributed by atoms with Gasteiger partial charge in [0.2, 0.25) is 0 Å². The Bertz CT molecular complexity index is 414. The Kier molecular flexibility index (Phi) is 3.38. The molecule has 2 unspecified atom stereocenters. The minimum atomic E-state index is -0.495. The topological polar surface area (TPSA) is 59.2 Å². The van der Waals surface area contributed by atoms with Crippen LogP contribution >= 0.6 is 0 Å². The lowest BCUT2D eigenvalue weighted by molar-refractivity contribution is 0.0660. The normalized spacial score (nSPS) is 24.8. The molecule has 0 bridgehead atoms. The van der Waals surface area contributed by atoms with Gasteiger partial charge in [-0.05, 0) is 18.4 Å². The molecule has 1 aliphatic rings. The summed E-state index contributed by atoms with van der Waals surface area (Å²) in [4.78, 5) is 17.5. The number of carbonyl (C=O) groups is 1. The Morgan fingerprint density at radius 1 is 1.53 bits per heavy atom. The second kappa shape index (κ2) is 4.79. The van der Waals surface area contributed by atoms with E-state index in [2.05, 4.69) is 11.9 Å². The van der Waals surface area contributed by atoms with Gasteiger partial charge in [-0.3, -0.25) is 9.78 Å². The number of aromatic nitrogens is 1. The summed E-state index contributed by atoms with van der Waals surface area (Å²) in [5.41, 5.74) is 6.16. The maximum absolute atomic E-state index is 13.0. The number of carbonyl (C=O) groups excluding carboxylic acids is 1. The molecule has 2 N–H and O–H groups in total. The Morgan fingerprint density at radius 3 is 2.94 bits per heavy atom. The summed E-state index contributed by atoms with van der Waals surface area (Å²) in [5.74, 6) is -0.312. The number of pyridine rings is 1. The van der Waals surface area contributed by atoms with E-state index in [-0.39, 0.29) is 17.5 Å². The van der Waals surface area contributed by atoms with Crippen molar-refractivity contribution in [2.45, 2.75) is 19.4 Å². The van der Waals surface area contributed by atoms with Gasteiger partial charge < -0.3 is 10.6 Å². The second-order valence-electron chi connectivity index (χ2n) is 4.70. The highest BCUT2D eigenvalue weighted by molar-refractivity contribution is 5.94. The van der Waals surface area contributed by atoms with Gasteiger partial charge in [0.05, 0.1) is 11.8 Å². The maximum Gasteiger partial charge on any atom is 0.255 e. The molecule has 1 aliphatic heterocycles. The molecule has 1 aromatic rings. The van der Waals surface area contributed by atoms with Gasteiger partial charge in [-0.25, -0.2) is 4.39 Å². The molecular formula is C12H16FN3O. The third-order valence-corrected chi connectivity index (χ3v) is 2.93. The van der Waals surface area contributed by atoms with Crippen LogP contribution in [-0.4, -0.2) is 34.9 Å². The van der Waals surface area contributed by atoms with Gasteiger partial charge in [-0.15, -0.1) is 0 Å². The number of rotatable bonds is 1. The van der Waals surface area contributed by atoms with Gasteiger partial charge >= 0.3 is 0 Å². The lowest BCUT2D eigenvalue weighted by Gasteiger charge is -2.34. The third kappa shape index (κ3) is 2.79. The van der Waals surface area contributed by atoms with Crippen LogP contribution in [0.5, 0.6) is 0 Å². The number of likely N-dealkylation sites (tertiary alicyclic amines) is 1. The van der Waals surface area contributed by atoms with Gasteiger partial charge in [0.15, 0.2) is 0 Å². The van der Waals surface area contributed by atoms with Crippen molar-refractivity contribution in [2.24, 2.45) is 11.7 Å². The number of hydrogen-bond donors (Lipinski definition) is 1. The molecule has 0 spiro atoms. The number of amides is 1. The van der Waals surface area contributed by atoms with E-state index in [1.165, 1.54) is 12.3 Å². The van der Waals surface area contributed by atoms with Crippen LogP contribution in [-0.2, 0) is 0 Å². The number of hydrogen-bond acceptors (Lipinski definition) is 3. The van der Waals surface area contributed by atoms with Crippen LogP contribution < -0.4 is 5.73 Å². The minimum Gasteiger partial charge on any atom is -0.337 e. The summed E-state index contributed by atoms with van der Waals surface area (Å²) in [6.07, 6.45) is 3.39. The summed E-state index contributed by atoms with van der Waals surface area (Å²) in [5, 5.41) is 0. The van der Waals surface area contributed by atoms with E-state index in [4.69, 9.17) is 5.73 Å². The van der Waals surface area contributed by atoms with Crippen LogP contribution in [0, 0.1) is 11.7 Å². The van der Waals surface area contributed by atoms with Gasteiger partial charge in [-0.1, -0.05) is 6.92 Å². The van der Waals surface area contributed by atoms with Crippen molar-refractivity contribution < 1.29 is 9.18 Å². The first-order chi connectivity index (χ1) is 8.06. The first-order valence-corrected chi connectivity index (χ1v) is 5.71. The van der Waals surface area contributed by atoms with Crippen LogP contribution in [0.15, 0.2) is 18.5 Å². The molecule has 17 heavy (non-hydrogen) atoms. The van der Waals surface area contributed by atoms with E-state index in [1.807, 2.05) is 0 Å². The van der Waals surface area contributed by atoms with Crippen molar-refractivity contribution >= 4 is 5.91 Å². The third-order valence-electron chi connectivity index (χ3n) is 2.93. The van der Waals surface area contributed by atoms with E-state index >= 15 is 0 Å². The molecular weight excluding hydrogens is 221 g/mol. The fourth-order valence-electron chi connectivity index (χ4n) is 2.28. The zero-order valence-corrected chi connectivity index (χ0v) is 9.77. The fourth-order valence-corrected chi connectivity index (χ4v) is 2.28. The number of halogens is 1. The van der Waals surface area contributed by atoms with Gasteiger partial charge in [-0.2, -0.15) is 0 Å². The van der Waals surface area contributed by atoms with Crippen molar-refractivity contribution in [3.05, 3.63) is 29.8 Å². The molecule has 2 heterocycles. The Balaban J connectivity index is 2.14. The molecule has 92 valence electrons. The van der Waals surface area contributed by atoms with Crippen LogP contribution in [0.2, 0.25) is 0 Å². The number of nitrogens with zero attached hydrogens (tertiary/aromatic N) is 2. The average molecular weight is 237 g/mol. The minimum absolute atomic E-state index is 0.00391. The number of piperidine rings is 1. The van der Waals surface area contributed by atoms with Crippen molar-refractivity contribution in [2.75, 3.05) is 13.1 Å². The van der Waals surface area contributed by atoms with Gasteiger partial charge in [0.1, 0.15) is 5.82 Å². The lowest BCUT2D eigenvalue weighted by atomic mass is 9.96. The van der Waals surface area contributed by atoms with Crippen LogP contribution in [0.4, 0.5) is 4.39 Å². The highest BCUT2D eigenvalue weighted by Gasteiger charge is 2.26. The maximum atomic E-state index is 13.0. The molecule has 2 atom stereocenters. The van der Waals surface area contributed by atoms with E-state index in [9.17, 15) is 9.18 Å². The van der Waals surface area contributed by atoms with E-state index < -0.39 is 5.82 Å². The van der Waals surface area contributed by atoms with Crippen molar-refractivity contribution in [1.29, 1.82) is 0 Å². The Labute approximate surface area is 99.6 Å². The SMILES string of the molecule is CC1CC(N)CN(C(=O)c2cncc(F)c2)C1. The largest absolute Gasteiger partial charge is 0.337 e. The molecule has 0 aromatic carbocycles. The van der Waals surface area contributed by atoms with Crippen LogP contribution in [0.3, 0.4) is 0 Å². The zero-order valence-electron chi connectivity index (χ0n) is 9.77. The summed E-state index contributed by atoms with van der Waals surface area (Å²) >= 11 is 0. The Hall–Kier alpha value is -1.49. The lowest BCUT2D eigenvalue weighted by Crippen LogP contribution is -2.48. The molecule has 0 aliphatic carbocycles. The van der Waals surface area contributed by atoms with E-state index in [0.29, 0.717) is 19.0 Å². The van der Waals surface area contributed by atoms with E-state index in [0.717, 1.165) is 12.6 Å². The summed E-state index contributed by atoms with van der Waals surface area (Å²) < 4.78 is 13.0. The van der Waals surface area contributed by atoms with Crippen molar-refractivity contribution in [1.82, 2.24) is 9.88 Å². The molecule has 1 aromatic heterocycles. The second-order valence-corrected chi connectivity index (χ2v) is 4.70. The predicted molar refractivity (Wildman–Crippen MR) is 61.9 cm³/mol. The molecule has 4 nitrogen and oxygen atoms in total. The molecule has 0 saturated carbocycles.